The molecular formula is C8H17NO2. The summed E-state index contributed by atoms with van der Waals surface area (Å²) in [6.45, 7) is 13.3. The van der Waals surface area contributed by atoms with Gasteiger partial charge < -0.3 is 10.5 Å². The summed E-state index contributed by atoms with van der Waals surface area (Å²) in [5, 5.41) is 0. The lowest BCUT2D eigenvalue weighted by molar-refractivity contribution is 0.163. The smallest absolute Gasteiger partial charge is 0.404 e. The average molecular weight is 159 g/mol. The van der Waals surface area contributed by atoms with Crippen molar-refractivity contribution in [2.75, 3.05) is 6.61 Å². The Morgan fingerprint density at radius 1 is 1.64 bits per heavy atom. The van der Waals surface area contributed by atoms with Gasteiger partial charge in [0.25, 0.3) is 0 Å². The molecule has 0 saturated carbocycles. The molecular weight excluding hydrogens is 142 g/mol. The lowest BCUT2D eigenvalue weighted by atomic mass is 10.8. The molecule has 11 heavy (non-hydrogen) atoms. The molecule has 0 aromatic carbocycles. The molecule has 3 heteroatoms. The Bertz CT molecular complexity index is 92.1. The van der Waals surface area contributed by atoms with Crippen molar-refractivity contribution in [3.8, 4) is 0 Å². The first-order valence-corrected chi connectivity index (χ1v) is 3.18. The lowest BCUT2D eigenvalue weighted by Gasteiger charge is -1.89. The molecule has 0 radical (unpaired) electrons. The van der Waals surface area contributed by atoms with E-state index in [1.165, 1.54) is 0 Å². The molecule has 1 amide bonds. The minimum Gasteiger partial charge on any atom is -0.450 e. The summed E-state index contributed by atoms with van der Waals surface area (Å²) < 4.78 is 4.18. The van der Waals surface area contributed by atoms with Crippen LogP contribution in [0.25, 0.3) is 0 Å². The number of carbonyl (C=O) groups is 1. The maximum atomic E-state index is 9.60. The van der Waals surface area contributed by atoms with Crippen molar-refractivity contribution in [1.82, 2.24) is 0 Å². The number of amides is 1. The second-order valence-electron chi connectivity index (χ2n) is 1.16. The van der Waals surface area contributed by atoms with Crippen molar-refractivity contribution in [3.63, 3.8) is 0 Å². The van der Waals surface area contributed by atoms with Crippen molar-refractivity contribution < 1.29 is 9.53 Å². The van der Waals surface area contributed by atoms with Gasteiger partial charge in [-0.25, -0.2) is 4.79 Å². The predicted octanol–water partition coefficient (Wildman–Crippen LogP) is 2.10. The topological polar surface area (TPSA) is 52.3 Å². The fourth-order valence-corrected chi connectivity index (χ4v) is 0.142. The second-order valence-corrected chi connectivity index (χ2v) is 1.16. The Hall–Kier alpha value is -1.25. The van der Waals surface area contributed by atoms with Gasteiger partial charge in [-0.1, -0.05) is 6.08 Å². The Kier molecular flexibility index (Phi) is 34.7. The summed E-state index contributed by atoms with van der Waals surface area (Å²) >= 11 is 0. The van der Waals surface area contributed by atoms with Gasteiger partial charge in [0.2, 0.25) is 0 Å². The molecule has 0 fully saturated rings. The molecule has 0 bridgehead atoms. The highest BCUT2D eigenvalue weighted by molar-refractivity contribution is 5.64. The third kappa shape index (κ3) is 130. The second kappa shape index (κ2) is 23.3. The van der Waals surface area contributed by atoms with E-state index in [-0.39, 0.29) is 0 Å². The summed E-state index contributed by atoms with van der Waals surface area (Å²) in [6, 6.07) is 0. The number of nitrogens with two attached hydrogens (primary N) is 1. The summed E-state index contributed by atoms with van der Waals surface area (Å²) in [6.07, 6.45) is 1.04. The van der Waals surface area contributed by atoms with Crippen molar-refractivity contribution >= 4 is 6.09 Å². The van der Waals surface area contributed by atoms with Gasteiger partial charge in [-0.15, -0.1) is 19.7 Å². The van der Waals surface area contributed by atoms with Crippen LogP contribution < -0.4 is 5.73 Å². The molecule has 0 heterocycles. The zero-order valence-corrected chi connectivity index (χ0v) is 7.30. The van der Waals surface area contributed by atoms with Gasteiger partial charge in [-0.05, 0) is 13.8 Å². The summed E-state index contributed by atoms with van der Waals surface area (Å²) in [4.78, 5) is 9.60. The fourth-order valence-electron chi connectivity index (χ4n) is 0.142. The van der Waals surface area contributed by atoms with Gasteiger partial charge in [0.05, 0.1) is 6.61 Å². The van der Waals surface area contributed by atoms with Crippen molar-refractivity contribution in [2.24, 2.45) is 5.73 Å². The highest BCUT2D eigenvalue weighted by atomic mass is 16.5. The van der Waals surface area contributed by atoms with Gasteiger partial charge >= 0.3 is 6.09 Å². The summed E-state index contributed by atoms with van der Waals surface area (Å²) in [5.74, 6) is 0. The Labute approximate surface area is 68.5 Å². The molecule has 0 atom stereocenters. The van der Waals surface area contributed by atoms with Crippen LogP contribution in [0.1, 0.15) is 13.8 Å². The van der Waals surface area contributed by atoms with Crippen LogP contribution in [0.5, 0.6) is 0 Å². The minimum absolute atomic E-state index is 0.356. The van der Waals surface area contributed by atoms with Crippen LogP contribution in [0, 0.1) is 0 Å². The van der Waals surface area contributed by atoms with E-state index in [0.29, 0.717) is 6.61 Å². The molecule has 0 rings (SSSR count). The Morgan fingerprint density at radius 3 is 1.91 bits per heavy atom. The number of allylic oxidation sites excluding steroid dienone is 1. The molecule has 0 aliphatic rings. The Balaban J connectivity index is -0.000000109. The van der Waals surface area contributed by atoms with Gasteiger partial charge in [0, 0.05) is 0 Å². The van der Waals surface area contributed by atoms with Crippen molar-refractivity contribution in [2.45, 2.75) is 13.8 Å². The largest absolute Gasteiger partial charge is 0.450 e. The van der Waals surface area contributed by atoms with E-state index in [9.17, 15) is 4.79 Å². The van der Waals surface area contributed by atoms with Crippen LogP contribution in [-0.4, -0.2) is 12.7 Å². The van der Waals surface area contributed by atoms with E-state index in [4.69, 9.17) is 0 Å². The Morgan fingerprint density at radius 2 is 1.91 bits per heavy atom. The first-order chi connectivity index (χ1) is 5.18. The number of carbonyl (C=O) groups excluding carboxylic acids is 1. The number of hydrogen-bond donors (Lipinski definition) is 1. The number of ether oxygens (including phenoxy) is 1. The molecule has 0 aromatic heterocycles. The van der Waals surface area contributed by atoms with Crippen LogP contribution in [0.2, 0.25) is 0 Å². The molecule has 66 valence electrons. The van der Waals surface area contributed by atoms with Crippen LogP contribution in [-0.2, 0) is 4.74 Å². The standard InChI is InChI=1S/C3H7NO2.C3H6.C2H4/c1-2-6-3(4)5;1-3-2;1-2/h2H2,1H3,(H2,4,5);3H,1H2,2H3;1-2H2. The van der Waals surface area contributed by atoms with E-state index < -0.39 is 6.09 Å². The molecule has 0 unspecified atom stereocenters. The van der Waals surface area contributed by atoms with E-state index in [0.717, 1.165) is 0 Å². The fraction of sp³-hybridized carbons (Fsp3) is 0.375. The van der Waals surface area contributed by atoms with Gasteiger partial charge in [0.1, 0.15) is 0 Å². The summed E-state index contributed by atoms with van der Waals surface area (Å²) in [5.41, 5.74) is 4.54. The zero-order valence-electron chi connectivity index (χ0n) is 7.30. The summed E-state index contributed by atoms with van der Waals surface area (Å²) in [7, 11) is 0. The highest BCUT2D eigenvalue weighted by Gasteiger charge is 1.82. The third-order valence-corrected chi connectivity index (χ3v) is 0.287. The van der Waals surface area contributed by atoms with E-state index in [2.05, 4.69) is 30.2 Å². The van der Waals surface area contributed by atoms with Crippen LogP contribution >= 0.6 is 0 Å². The number of primary amides is 1. The molecule has 0 aliphatic carbocycles. The van der Waals surface area contributed by atoms with Gasteiger partial charge in [-0.3, -0.25) is 0 Å². The highest BCUT2D eigenvalue weighted by Crippen LogP contribution is 1.66. The molecule has 3 nitrogen and oxygen atoms in total. The SMILES string of the molecule is C=C.C=CC.CCOC(N)=O. The lowest BCUT2D eigenvalue weighted by Crippen LogP contribution is -2.11. The normalized spacial score (nSPS) is 5.64. The quantitative estimate of drug-likeness (QED) is 0.595. The van der Waals surface area contributed by atoms with Crippen LogP contribution in [0.3, 0.4) is 0 Å². The van der Waals surface area contributed by atoms with Crippen LogP contribution in [0.4, 0.5) is 4.79 Å². The monoisotopic (exact) mass is 159 g/mol. The van der Waals surface area contributed by atoms with E-state index >= 15 is 0 Å². The minimum atomic E-state index is -0.711. The van der Waals surface area contributed by atoms with Gasteiger partial charge in [-0.2, -0.15) is 0 Å². The average Bonchev–Trinajstić information content (AvgIpc) is 1.93. The number of hydrogen-bond acceptors (Lipinski definition) is 2. The van der Waals surface area contributed by atoms with E-state index in [1.54, 1.807) is 13.0 Å². The van der Waals surface area contributed by atoms with Gasteiger partial charge in [0.15, 0.2) is 0 Å². The predicted molar refractivity (Wildman–Crippen MR) is 48.3 cm³/mol. The molecule has 0 aromatic rings. The molecule has 0 saturated heterocycles. The zero-order chi connectivity index (χ0) is 9.70. The van der Waals surface area contributed by atoms with E-state index in [1.807, 2.05) is 6.92 Å². The van der Waals surface area contributed by atoms with Crippen LogP contribution in [0.15, 0.2) is 25.8 Å². The molecule has 0 aliphatic heterocycles. The van der Waals surface area contributed by atoms with Crippen molar-refractivity contribution in [1.29, 1.82) is 0 Å². The first kappa shape index (κ1) is 16.4. The maximum Gasteiger partial charge on any atom is 0.404 e. The van der Waals surface area contributed by atoms with Crippen molar-refractivity contribution in [3.05, 3.63) is 25.8 Å². The first-order valence-electron chi connectivity index (χ1n) is 3.18. The third-order valence-electron chi connectivity index (χ3n) is 0.287. The molecule has 0 spiro atoms. The maximum absolute atomic E-state index is 9.60. The number of rotatable bonds is 1. The molecule has 2 N–H and O–H groups in total.